The minimum absolute atomic E-state index is 0. The van der Waals surface area contributed by atoms with Crippen molar-refractivity contribution in [1.29, 1.82) is 0 Å². The molecule has 0 N–H and O–H groups in total. The first kappa shape index (κ1) is 28.5. The van der Waals surface area contributed by atoms with Gasteiger partial charge in [-0.05, 0) is 37.2 Å². The fourth-order valence-electron chi connectivity index (χ4n) is 3.41. The molecule has 1 heterocycles. The van der Waals surface area contributed by atoms with Gasteiger partial charge in [0.2, 0.25) is 11.8 Å². The molecule has 3 unspecified atom stereocenters. The van der Waals surface area contributed by atoms with Crippen LogP contribution in [0.25, 0.3) is 0 Å². The zero-order valence-corrected chi connectivity index (χ0v) is 18.3. The summed E-state index contributed by atoms with van der Waals surface area (Å²) in [6.07, 6.45) is 0.356. The molecule has 1 fully saturated rings. The molecule has 0 aromatic heterocycles. The smallest absolute Gasteiger partial charge is 6.00 e. The van der Waals surface area contributed by atoms with E-state index in [9.17, 15) is 9.59 Å². The molecular formula is C19H21CrNO6Si+6. The standard InChI is InChI=1S/C16H21NO3Si.3CO.Cr/c1-17-15(18)12-9-10-7-5-6-8-11(10)14(13(12)16(17)19)20-21(2,3)4;3*1-2;/h5-8,12-14H,9H2,1-4H3;;;;/q;;;;+6. The molecule has 3 rings (SSSR count). The molecule has 1 aromatic rings. The Labute approximate surface area is 176 Å². The fourth-order valence-corrected chi connectivity index (χ4v) is 4.44. The molecule has 1 saturated heterocycles. The molecule has 1 aliphatic carbocycles. The number of amides is 2. The number of nitrogens with zero attached hydrogens (tertiary/aromatic N) is 1. The van der Waals surface area contributed by atoms with Crippen LogP contribution in [-0.4, -0.2) is 32.1 Å². The molecule has 28 heavy (non-hydrogen) atoms. The maximum atomic E-state index is 12.5. The first-order valence-electron chi connectivity index (χ1n) is 7.98. The predicted molar refractivity (Wildman–Crippen MR) is 93.9 cm³/mol. The monoisotopic (exact) mass is 439 g/mol. The maximum Gasteiger partial charge on any atom is 6.00 e. The molecule has 2 aliphatic rings. The van der Waals surface area contributed by atoms with Gasteiger partial charge in [0.05, 0.1) is 17.9 Å². The predicted octanol–water partition coefficient (Wildman–Crippen LogP) is 2.25. The SMILES string of the molecule is CN1C(=O)C2Cc3ccccc3C(O[Si](C)(C)C)C2C1=O.[C-]#[O+].[C-]#[O+].[C-]#[O+].[Cr+6]. The van der Waals surface area contributed by atoms with Gasteiger partial charge in [-0.25, -0.2) is 0 Å². The molecule has 9 heteroatoms. The van der Waals surface area contributed by atoms with Crippen LogP contribution in [0.3, 0.4) is 0 Å². The molecular weight excluding hydrogens is 418 g/mol. The number of hydrogen-bond acceptors (Lipinski definition) is 3. The Hall–Kier alpha value is -1.71. The minimum Gasteiger partial charge on any atom is 6.00 e. The van der Waals surface area contributed by atoms with E-state index < -0.39 is 8.32 Å². The Morgan fingerprint density at radius 1 is 1.00 bits per heavy atom. The van der Waals surface area contributed by atoms with Gasteiger partial charge >= 0.3 is 51.3 Å². The van der Waals surface area contributed by atoms with Crippen LogP contribution in [-0.2, 0) is 51.8 Å². The summed E-state index contributed by atoms with van der Waals surface area (Å²) in [5, 5.41) is 0. The van der Waals surface area contributed by atoms with Gasteiger partial charge < -0.3 is 4.43 Å². The van der Waals surface area contributed by atoms with E-state index in [1.165, 1.54) is 4.90 Å². The number of carbonyl (C=O) groups excluding carboxylic acids is 2. The molecule has 1 aromatic carbocycles. The van der Waals surface area contributed by atoms with Crippen molar-refractivity contribution in [2.75, 3.05) is 7.05 Å². The van der Waals surface area contributed by atoms with E-state index in [-0.39, 0.29) is 47.1 Å². The van der Waals surface area contributed by atoms with Crippen molar-refractivity contribution in [3.05, 3.63) is 55.3 Å². The summed E-state index contributed by atoms with van der Waals surface area (Å²) in [6, 6.07) is 8.04. The van der Waals surface area contributed by atoms with Gasteiger partial charge in [0.15, 0.2) is 8.32 Å². The van der Waals surface area contributed by atoms with Gasteiger partial charge in [-0.3, -0.25) is 14.5 Å². The van der Waals surface area contributed by atoms with Crippen LogP contribution in [0.4, 0.5) is 0 Å². The molecule has 1 aliphatic heterocycles. The third kappa shape index (κ3) is 6.15. The van der Waals surface area contributed by atoms with Crippen LogP contribution < -0.4 is 0 Å². The molecule has 2 amide bonds. The molecule has 0 bridgehead atoms. The summed E-state index contributed by atoms with van der Waals surface area (Å²) in [4.78, 5) is 26.1. The van der Waals surface area contributed by atoms with Crippen LogP contribution in [0.2, 0.25) is 19.6 Å². The van der Waals surface area contributed by atoms with E-state index in [2.05, 4.69) is 39.6 Å². The molecule has 0 saturated carbocycles. The fraction of sp³-hybridized carbons (Fsp3) is 0.421. The zero-order chi connectivity index (χ0) is 21.4. The number of likely N-dealkylation sites (tertiary alicyclic amines) is 1. The van der Waals surface area contributed by atoms with Crippen LogP contribution in [0.15, 0.2) is 24.3 Å². The quantitative estimate of drug-likeness (QED) is 0.305. The maximum absolute atomic E-state index is 12.5. The Morgan fingerprint density at radius 2 is 1.50 bits per heavy atom. The number of fused-ring (bicyclic) bond motifs is 2. The van der Waals surface area contributed by atoms with Crippen molar-refractivity contribution >= 4 is 20.1 Å². The first-order chi connectivity index (χ1) is 12.8. The van der Waals surface area contributed by atoms with Crippen molar-refractivity contribution in [3.8, 4) is 0 Å². The van der Waals surface area contributed by atoms with Crippen LogP contribution in [0.5, 0.6) is 0 Å². The van der Waals surface area contributed by atoms with Crippen LogP contribution in [0, 0.1) is 31.8 Å². The van der Waals surface area contributed by atoms with E-state index >= 15 is 0 Å². The topological polar surface area (TPSA) is 106 Å². The second-order valence-corrected chi connectivity index (χ2v) is 11.4. The Kier molecular flexibility index (Phi) is 12.9. The summed E-state index contributed by atoms with van der Waals surface area (Å²) >= 11 is 0. The third-order valence-electron chi connectivity index (χ3n) is 4.31. The van der Waals surface area contributed by atoms with Crippen LogP contribution in [0.1, 0.15) is 17.2 Å². The van der Waals surface area contributed by atoms with Crippen molar-refractivity contribution in [2.24, 2.45) is 11.8 Å². The zero-order valence-electron chi connectivity index (χ0n) is 16.1. The Bertz CT molecular complexity index is 726. The van der Waals surface area contributed by atoms with Crippen molar-refractivity contribution < 1.29 is 45.3 Å². The van der Waals surface area contributed by atoms with Gasteiger partial charge in [-0.2, -0.15) is 0 Å². The first-order valence-corrected chi connectivity index (χ1v) is 11.4. The number of hydrogen-bond donors (Lipinski definition) is 0. The largest absolute Gasteiger partial charge is 6.00 e. The van der Waals surface area contributed by atoms with Gasteiger partial charge in [0, 0.05) is 7.05 Å². The van der Waals surface area contributed by atoms with E-state index in [1.807, 2.05) is 24.3 Å². The molecule has 0 radical (unpaired) electrons. The number of benzene rings is 1. The second-order valence-electron chi connectivity index (χ2n) is 6.92. The third-order valence-corrected chi connectivity index (χ3v) is 5.27. The van der Waals surface area contributed by atoms with Gasteiger partial charge in [-0.1, -0.05) is 24.3 Å². The van der Waals surface area contributed by atoms with E-state index in [1.54, 1.807) is 7.05 Å². The second kappa shape index (κ2) is 12.7. The van der Waals surface area contributed by atoms with E-state index in [0.29, 0.717) is 6.42 Å². The number of imide groups is 1. The normalized spacial score (nSPS) is 21.6. The molecule has 142 valence electrons. The number of rotatable bonds is 2. The van der Waals surface area contributed by atoms with Crippen LogP contribution >= 0.6 is 0 Å². The average molecular weight is 439 g/mol. The van der Waals surface area contributed by atoms with Crippen molar-refractivity contribution in [1.82, 2.24) is 4.90 Å². The van der Waals surface area contributed by atoms with E-state index in [0.717, 1.165) is 11.1 Å². The number of carbonyl (C=O) groups is 2. The summed E-state index contributed by atoms with van der Waals surface area (Å²) in [6.45, 7) is 19.8. The van der Waals surface area contributed by atoms with Gasteiger partial charge in [-0.15, -0.1) is 0 Å². The summed E-state index contributed by atoms with van der Waals surface area (Å²) < 4.78 is 28.8. The summed E-state index contributed by atoms with van der Waals surface area (Å²) in [7, 11) is -0.246. The Balaban J connectivity index is 0. The Morgan fingerprint density at radius 3 is 2.00 bits per heavy atom. The average Bonchev–Trinajstić information content (AvgIpc) is 2.90. The minimum atomic E-state index is -1.83. The molecule has 0 spiro atoms. The summed E-state index contributed by atoms with van der Waals surface area (Å²) in [5.74, 6) is -0.783. The van der Waals surface area contributed by atoms with Gasteiger partial charge in [0.1, 0.15) is 0 Å². The molecule has 3 atom stereocenters. The van der Waals surface area contributed by atoms with Gasteiger partial charge in [0.25, 0.3) is 0 Å². The van der Waals surface area contributed by atoms with E-state index in [4.69, 9.17) is 18.4 Å². The molecule has 7 nitrogen and oxygen atoms in total. The van der Waals surface area contributed by atoms with Crippen molar-refractivity contribution in [2.45, 2.75) is 32.2 Å². The van der Waals surface area contributed by atoms with Crippen molar-refractivity contribution in [3.63, 3.8) is 0 Å². The summed E-state index contributed by atoms with van der Waals surface area (Å²) in [5.41, 5.74) is 2.22.